The largest absolute Gasteiger partial charge is 0.396 e. The van der Waals surface area contributed by atoms with Crippen LogP contribution in [-0.4, -0.2) is 22.9 Å². The van der Waals surface area contributed by atoms with E-state index < -0.39 is 0 Å². The van der Waals surface area contributed by atoms with Crippen molar-refractivity contribution in [2.45, 2.75) is 105 Å². The normalized spacial score (nSPS) is 44.2. The molecule has 0 aromatic heterocycles. The minimum atomic E-state index is -0.304. The third-order valence-corrected chi connectivity index (χ3v) is 10.4. The van der Waals surface area contributed by atoms with E-state index in [2.05, 4.69) is 40.7 Å². The first kappa shape index (κ1) is 22.6. The van der Waals surface area contributed by atoms with Crippen LogP contribution in [-0.2, 0) is 0 Å². The van der Waals surface area contributed by atoms with Gasteiger partial charge in [-0.15, -0.1) is 0 Å². The minimum absolute atomic E-state index is 0.0811. The highest BCUT2D eigenvalue weighted by molar-refractivity contribution is 5.35. The van der Waals surface area contributed by atoms with Crippen LogP contribution in [0.2, 0.25) is 0 Å². The van der Waals surface area contributed by atoms with E-state index in [9.17, 15) is 10.2 Å². The standard InChI is InChI=1S/C28H46O2/c1-18(2)7-6-8-19(3)22-11-12-23-20-9-10-24-21(17-29)26(30)14-16-28(24,5)25(20)13-15-27(22,23)4/h7,19,21-24,26,29-30H,6,8-17H2,1-5H3/t19?,21?,22-,23+,24+,26+,27-,28+/m1/s1. The molecule has 0 saturated heterocycles. The Kier molecular flexibility index (Phi) is 6.32. The molecule has 0 spiro atoms. The van der Waals surface area contributed by atoms with Gasteiger partial charge in [-0.25, -0.2) is 0 Å². The van der Waals surface area contributed by atoms with Crippen molar-refractivity contribution in [3.05, 3.63) is 22.8 Å². The Morgan fingerprint density at radius 2 is 1.87 bits per heavy atom. The van der Waals surface area contributed by atoms with E-state index in [-0.39, 0.29) is 24.0 Å². The number of aliphatic hydroxyl groups excluding tert-OH is 2. The second kappa shape index (κ2) is 8.39. The third kappa shape index (κ3) is 3.54. The first-order valence-corrected chi connectivity index (χ1v) is 12.9. The second-order valence-electron chi connectivity index (χ2n) is 12.1. The van der Waals surface area contributed by atoms with Gasteiger partial charge in [-0.1, -0.05) is 43.6 Å². The summed E-state index contributed by atoms with van der Waals surface area (Å²) >= 11 is 0. The predicted molar refractivity (Wildman–Crippen MR) is 125 cm³/mol. The fraction of sp³-hybridized carbons (Fsp3) is 0.857. The number of fused-ring (bicyclic) bond motifs is 4. The highest BCUT2D eigenvalue weighted by atomic mass is 16.3. The molecule has 4 aliphatic rings. The second-order valence-corrected chi connectivity index (χ2v) is 12.1. The zero-order valence-electron chi connectivity index (χ0n) is 20.2. The lowest BCUT2D eigenvalue weighted by Gasteiger charge is -2.57. The number of aliphatic hydroxyl groups is 2. The molecule has 2 heteroatoms. The van der Waals surface area contributed by atoms with Gasteiger partial charge in [0.1, 0.15) is 0 Å². The zero-order chi connectivity index (χ0) is 21.7. The summed E-state index contributed by atoms with van der Waals surface area (Å²) in [5.74, 6) is 3.01. The Balaban J connectivity index is 1.57. The number of hydrogen-bond donors (Lipinski definition) is 2. The molecule has 0 aromatic rings. The first-order chi connectivity index (χ1) is 14.2. The third-order valence-electron chi connectivity index (χ3n) is 10.4. The number of rotatable bonds is 5. The molecule has 2 unspecified atom stereocenters. The molecule has 8 atom stereocenters. The fourth-order valence-electron chi connectivity index (χ4n) is 8.76. The molecular formula is C28H46O2. The molecule has 0 aromatic carbocycles. The Morgan fingerprint density at radius 1 is 1.10 bits per heavy atom. The molecule has 0 aliphatic heterocycles. The van der Waals surface area contributed by atoms with Crippen molar-refractivity contribution < 1.29 is 10.2 Å². The maximum atomic E-state index is 10.5. The zero-order valence-corrected chi connectivity index (χ0v) is 20.2. The Hall–Kier alpha value is -0.600. The van der Waals surface area contributed by atoms with Crippen LogP contribution < -0.4 is 0 Å². The van der Waals surface area contributed by atoms with E-state index in [1.54, 1.807) is 5.57 Å². The van der Waals surface area contributed by atoms with Crippen molar-refractivity contribution in [2.75, 3.05) is 6.61 Å². The molecule has 2 saturated carbocycles. The van der Waals surface area contributed by atoms with Crippen molar-refractivity contribution in [2.24, 2.45) is 40.4 Å². The number of hydrogen-bond acceptors (Lipinski definition) is 2. The molecular weight excluding hydrogens is 368 g/mol. The van der Waals surface area contributed by atoms with Crippen LogP contribution in [0.15, 0.2) is 22.8 Å². The molecule has 2 N–H and O–H groups in total. The van der Waals surface area contributed by atoms with Gasteiger partial charge < -0.3 is 10.2 Å². The molecule has 0 bridgehead atoms. The van der Waals surface area contributed by atoms with Gasteiger partial charge in [0.25, 0.3) is 0 Å². The van der Waals surface area contributed by atoms with E-state index in [0.29, 0.717) is 11.3 Å². The van der Waals surface area contributed by atoms with Crippen molar-refractivity contribution in [1.29, 1.82) is 0 Å². The molecule has 4 aliphatic carbocycles. The van der Waals surface area contributed by atoms with Gasteiger partial charge in [-0.2, -0.15) is 0 Å². The summed E-state index contributed by atoms with van der Waals surface area (Å²) in [6.07, 6.45) is 14.5. The molecule has 0 amide bonds. The maximum absolute atomic E-state index is 10.5. The van der Waals surface area contributed by atoms with Crippen molar-refractivity contribution in [1.82, 2.24) is 0 Å². The van der Waals surface area contributed by atoms with Gasteiger partial charge in [0.2, 0.25) is 0 Å². The van der Waals surface area contributed by atoms with Crippen molar-refractivity contribution >= 4 is 0 Å². The summed E-state index contributed by atoms with van der Waals surface area (Å²) in [4.78, 5) is 0. The van der Waals surface area contributed by atoms with E-state index in [4.69, 9.17) is 0 Å². The SMILES string of the molecule is CC(C)=CCCC(C)[C@H]1CC[C@H]2C3=C(CC[C@]12C)[C@@]1(C)CC[C@H](O)C(CO)[C@@H]1CC3. The van der Waals surface area contributed by atoms with Crippen LogP contribution in [0.1, 0.15) is 98.8 Å². The van der Waals surface area contributed by atoms with Crippen molar-refractivity contribution in [3.8, 4) is 0 Å². The van der Waals surface area contributed by atoms with Gasteiger partial charge in [0.15, 0.2) is 0 Å². The number of allylic oxidation sites excluding steroid dienone is 4. The summed E-state index contributed by atoms with van der Waals surface area (Å²) in [6.45, 7) is 12.2. The van der Waals surface area contributed by atoms with Gasteiger partial charge in [0.05, 0.1) is 6.10 Å². The Labute approximate surface area is 185 Å². The lowest BCUT2D eigenvalue weighted by molar-refractivity contribution is -0.0619. The molecule has 0 radical (unpaired) electrons. The van der Waals surface area contributed by atoms with Crippen LogP contribution >= 0.6 is 0 Å². The summed E-state index contributed by atoms with van der Waals surface area (Å²) in [7, 11) is 0. The molecule has 2 nitrogen and oxygen atoms in total. The monoisotopic (exact) mass is 414 g/mol. The minimum Gasteiger partial charge on any atom is -0.396 e. The quantitative estimate of drug-likeness (QED) is 0.493. The summed E-state index contributed by atoms with van der Waals surface area (Å²) in [6, 6.07) is 0. The molecule has 4 rings (SSSR count). The van der Waals surface area contributed by atoms with Gasteiger partial charge >= 0.3 is 0 Å². The summed E-state index contributed by atoms with van der Waals surface area (Å²) in [5.41, 5.74) is 5.75. The predicted octanol–water partition coefficient (Wildman–Crippen LogP) is 6.67. The highest BCUT2D eigenvalue weighted by Crippen LogP contribution is 2.66. The van der Waals surface area contributed by atoms with Crippen LogP contribution in [0.25, 0.3) is 0 Å². The lowest BCUT2D eigenvalue weighted by atomic mass is 9.48. The van der Waals surface area contributed by atoms with Gasteiger partial charge in [-0.3, -0.25) is 0 Å². The van der Waals surface area contributed by atoms with Crippen molar-refractivity contribution in [3.63, 3.8) is 0 Å². The average molecular weight is 415 g/mol. The first-order valence-electron chi connectivity index (χ1n) is 12.9. The highest BCUT2D eigenvalue weighted by Gasteiger charge is 2.57. The van der Waals surface area contributed by atoms with E-state index in [0.717, 1.165) is 30.6 Å². The van der Waals surface area contributed by atoms with Crippen LogP contribution in [0.3, 0.4) is 0 Å². The van der Waals surface area contributed by atoms with Crippen LogP contribution in [0, 0.1) is 40.4 Å². The van der Waals surface area contributed by atoms with Gasteiger partial charge in [0, 0.05) is 12.5 Å². The smallest absolute Gasteiger partial charge is 0.0593 e. The van der Waals surface area contributed by atoms with E-state index >= 15 is 0 Å². The topological polar surface area (TPSA) is 40.5 Å². The van der Waals surface area contributed by atoms with Crippen LogP contribution in [0.4, 0.5) is 0 Å². The van der Waals surface area contributed by atoms with E-state index in [1.807, 2.05) is 5.57 Å². The van der Waals surface area contributed by atoms with E-state index in [1.165, 1.54) is 56.9 Å². The summed E-state index contributed by atoms with van der Waals surface area (Å²) in [5, 5.41) is 20.6. The van der Waals surface area contributed by atoms with Gasteiger partial charge in [-0.05, 0) is 113 Å². The molecule has 170 valence electrons. The summed E-state index contributed by atoms with van der Waals surface area (Å²) < 4.78 is 0. The van der Waals surface area contributed by atoms with Crippen LogP contribution in [0.5, 0.6) is 0 Å². The molecule has 0 heterocycles. The molecule has 30 heavy (non-hydrogen) atoms. The lowest BCUT2D eigenvalue weighted by Crippen LogP contribution is -2.50. The fourth-order valence-corrected chi connectivity index (χ4v) is 8.76. The Bertz CT molecular complexity index is 701. The average Bonchev–Trinajstić information content (AvgIpc) is 3.05. The maximum Gasteiger partial charge on any atom is 0.0593 e. The molecule has 2 fully saturated rings. The Morgan fingerprint density at radius 3 is 2.57 bits per heavy atom.